The van der Waals surface area contributed by atoms with Crippen molar-refractivity contribution < 1.29 is 19.1 Å². The van der Waals surface area contributed by atoms with Crippen molar-refractivity contribution in [2.24, 2.45) is 0 Å². The quantitative estimate of drug-likeness (QED) is 0.889. The molecule has 1 N–H and O–H groups in total. The summed E-state index contributed by atoms with van der Waals surface area (Å²) in [5.41, 5.74) is 0.906. The first-order valence-electron chi connectivity index (χ1n) is 5.88. The Morgan fingerprint density at radius 2 is 2.11 bits per heavy atom. The lowest BCUT2D eigenvalue weighted by molar-refractivity contribution is 0.0696. The van der Waals surface area contributed by atoms with E-state index < -0.39 is 5.97 Å². The minimum Gasteiger partial charge on any atom is -0.484 e. The highest BCUT2D eigenvalue weighted by atomic mass is 16.5. The fraction of sp³-hybridized carbons (Fsp3) is 0.308. The molecular weight excluding hydrogens is 248 g/mol. The van der Waals surface area contributed by atoms with Crippen molar-refractivity contribution in [2.45, 2.75) is 26.9 Å². The molecule has 0 radical (unpaired) electrons. The minimum atomic E-state index is -0.950. The van der Waals surface area contributed by atoms with E-state index in [1.165, 1.54) is 6.07 Å². The van der Waals surface area contributed by atoms with Crippen molar-refractivity contribution in [3.8, 4) is 5.75 Å². The maximum Gasteiger partial charge on any atom is 0.335 e. The average Bonchev–Trinajstić information content (AvgIpc) is 2.84. The summed E-state index contributed by atoms with van der Waals surface area (Å²) < 4.78 is 10.8. The van der Waals surface area contributed by atoms with Crippen LogP contribution in [-0.2, 0) is 13.0 Å². The Morgan fingerprint density at radius 1 is 1.37 bits per heavy atom. The van der Waals surface area contributed by atoms with Gasteiger partial charge in [-0.2, -0.15) is 0 Å². The van der Waals surface area contributed by atoms with E-state index in [9.17, 15) is 4.79 Å². The van der Waals surface area contributed by atoms with Crippen LogP contribution >= 0.6 is 0 Å². The first-order chi connectivity index (χ1) is 9.10. The molecule has 0 aliphatic rings. The molecule has 0 saturated heterocycles. The van der Waals surface area contributed by atoms with Crippen molar-refractivity contribution in [2.75, 3.05) is 0 Å². The number of carboxylic acids is 1. The molecule has 0 amide bonds. The molecule has 19 heavy (non-hydrogen) atoms. The van der Waals surface area contributed by atoms with Crippen LogP contribution in [0.5, 0.6) is 5.75 Å². The van der Waals surface area contributed by atoms with Crippen LogP contribution in [0.4, 0.5) is 0 Å². The Morgan fingerprint density at radius 3 is 2.68 bits per heavy atom. The number of hydrogen-bond acceptors (Lipinski definition) is 5. The molecular formula is C13H14N2O4. The van der Waals surface area contributed by atoms with Gasteiger partial charge in [0.25, 0.3) is 5.89 Å². The van der Waals surface area contributed by atoms with Crippen LogP contribution in [0.2, 0.25) is 0 Å². The molecule has 1 aromatic heterocycles. The zero-order valence-corrected chi connectivity index (χ0v) is 10.7. The van der Waals surface area contributed by atoms with Crippen LogP contribution in [0.1, 0.15) is 34.6 Å². The largest absolute Gasteiger partial charge is 0.484 e. The van der Waals surface area contributed by atoms with Gasteiger partial charge in [0, 0.05) is 6.42 Å². The third kappa shape index (κ3) is 3.09. The smallest absolute Gasteiger partial charge is 0.335 e. The monoisotopic (exact) mass is 262 g/mol. The Balaban J connectivity index is 2.03. The number of carbonyl (C=O) groups is 1. The van der Waals surface area contributed by atoms with Crippen LogP contribution in [-0.4, -0.2) is 21.3 Å². The van der Waals surface area contributed by atoms with Gasteiger partial charge in [-0.05, 0) is 30.7 Å². The maximum absolute atomic E-state index is 10.9. The molecule has 0 aliphatic carbocycles. The van der Waals surface area contributed by atoms with Crippen LogP contribution in [0.15, 0.2) is 22.6 Å². The first kappa shape index (κ1) is 13.1. The van der Waals surface area contributed by atoms with E-state index in [0.717, 1.165) is 0 Å². The van der Waals surface area contributed by atoms with Gasteiger partial charge in [0.2, 0.25) is 5.89 Å². The predicted molar refractivity (Wildman–Crippen MR) is 66.1 cm³/mol. The third-order valence-corrected chi connectivity index (χ3v) is 2.60. The van der Waals surface area contributed by atoms with Crippen LogP contribution in [0.3, 0.4) is 0 Å². The molecule has 0 aliphatic heterocycles. The van der Waals surface area contributed by atoms with E-state index in [2.05, 4.69) is 10.2 Å². The highest BCUT2D eigenvalue weighted by Crippen LogP contribution is 2.18. The lowest BCUT2D eigenvalue weighted by Gasteiger charge is -2.06. The molecule has 6 nitrogen and oxygen atoms in total. The van der Waals surface area contributed by atoms with E-state index in [4.69, 9.17) is 14.3 Å². The molecule has 0 atom stereocenters. The summed E-state index contributed by atoms with van der Waals surface area (Å²) in [5.74, 6) is 0.583. The highest BCUT2D eigenvalue weighted by Gasteiger charge is 2.09. The van der Waals surface area contributed by atoms with Gasteiger partial charge < -0.3 is 14.3 Å². The molecule has 0 saturated carbocycles. The standard InChI is InChI=1S/C13H14N2O4/c1-3-11-14-15-12(19-11)7-18-9-4-5-10(13(16)17)8(2)6-9/h4-6H,3,7H2,1-2H3,(H,16,17). The number of rotatable bonds is 5. The number of hydrogen-bond donors (Lipinski definition) is 1. The molecule has 0 fully saturated rings. The van der Waals surface area contributed by atoms with Crippen LogP contribution in [0.25, 0.3) is 0 Å². The van der Waals surface area contributed by atoms with Crippen LogP contribution in [0, 0.1) is 6.92 Å². The second-order valence-corrected chi connectivity index (χ2v) is 4.01. The van der Waals surface area contributed by atoms with Gasteiger partial charge in [0.15, 0.2) is 6.61 Å². The molecule has 6 heteroatoms. The van der Waals surface area contributed by atoms with Gasteiger partial charge in [0.1, 0.15) is 5.75 Å². The molecule has 1 heterocycles. The lowest BCUT2D eigenvalue weighted by atomic mass is 10.1. The molecule has 100 valence electrons. The van der Waals surface area contributed by atoms with Crippen LogP contribution < -0.4 is 4.74 Å². The zero-order valence-electron chi connectivity index (χ0n) is 10.7. The Labute approximate surface area is 110 Å². The molecule has 2 aromatic rings. The van der Waals surface area contributed by atoms with Crippen molar-refractivity contribution >= 4 is 5.97 Å². The lowest BCUT2D eigenvalue weighted by Crippen LogP contribution is -2.01. The summed E-state index contributed by atoms with van der Waals surface area (Å²) in [7, 11) is 0. The number of aromatic nitrogens is 2. The van der Waals surface area contributed by atoms with E-state index in [1.54, 1.807) is 19.1 Å². The predicted octanol–water partition coefficient (Wildman–Crippen LogP) is 2.22. The summed E-state index contributed by atoms with van der Waals surface area (Å²) >= 11 is 0. The summed E-state index contributed by atoms with van der Waals surface area (Å²) in [6, 6.07) is 4.78. The van der Waals surface area contributed by atoms with Gasteiger partial charge in [-0.1, -0.05) is 6.92 Å². The molecule has 0 bridgehead atoms. The minimum absolute atomic E-state index is 0.166. The van der Waals surface area contributed by atoms with Gasteiger partial charge in [0.05, 0.1) is 5.56 Å². The fourth-order valence-corrected chi connectivity index (χ4v) is 1.60. The van der Waals surface area contributed by atoms with Crippen molar-refractivity contribution in [3.05, 3.63) is 41.1 Å². The maximum atomic E-state index is 10.9. The van der Waals surface area contributed by atoms with E-state index in [0.29, 0.717) is 29.5 Å². The topological polar surface area (TPSA) is 85.5 Å². The number of nitrogens with zero attached hydrogens (tertiary/aromatic N) is 2. The Hall–Kier alpha value is -2.37. The Kier molecular flexibility index (Phi) is 3.79. The second-order valence-electron chi connectivity index (χ2n) is 4.01. The van der Waals surface area contributed by atoms with E-state index in [-0.39, 0.29) is 12.2 Å². The summed E-state index contributed by atoms with van der Waals surface area (Å²) in [5, 5.41) is 16.6. The molecule has 2 rings (SSSR count). The SMILES string of the molecule is CCc1nnc(COc2ccc(C(=O)O)c(C)c2)o1. The van der Waals surface area contributed by atoms with Gasteiger partial charge >= 0.3 is 5.97 Å². The summed E-state index contributed by atoms with van der Waals surface area (Å²) in [4.78, 5) is 10.9. The number of aryl methyl sites for hydroxylation is 2. The number of ether oxygens (including phenoxy) is 1. The summed E-state index contributed by atoms with van der Waals surface area (Å²) in [6.07, 6.45) is 0.680. The molecule has 0 spiro atoms. The first-order valence-corrected chi connectivity index (χ1v) is 5.88. The molecule has 0 unspecified atom stereocenters. The summed E-state index contributed by atoms with van der Waals surface area (Å²) in [6.45, 7) is 3.81. The van der Waals surface area contributed by atoms with Crippen molar-refractivity contribution in [1.29, 1.82) is 0 Å². The van der Waals surface area contributed by atoms with Gasteiger partial charge in [-0.3, -0.25) is 0 Å². The van der Waals surface area contributed by atoms with E-state index in [1.807, 2.05) is 6.92 Å². The Bertz CT molecular complexity index is 592. The van der Waals surface area contributed by atoms with Gasteiger partial charge in [-0.15, -0.1) is 10.2 Å². The number of benzene rings is 1. The van der Waals surface area contributed by atoms with Crippen molar-refractivity contribution in [1.82, 2.24) is 10.2 Å². The molecule has 1 aromatic carbocycles. The van der Waals surface area contributed by atoms with Gasteiger partial charge in [-0.25, -0.2) is 4.79 Å². The zero-order chi connectivity index (χ0) is 13.8. The third-order valence-electron chi connectivity index (χ3n) is 2.60. The van der Waals surface area contributed by atoms with Crippen molar-refractivity contribution in [3.63, 3.8) is 0 Å². The normalized spacial score (nSPS) is 10.4. The average molecular weight is 262 g/mol. The van der Waals surface area contributed by atoms with E-state index >= 15 is 0 Å². The highest BCUT2D eigenvalue weighted by molar-refractivity contribution is 5.89. The second kappa shape index (κ2) is 5.51. The number of carboxylic acid groups (broad SMARTS) is 1. The number of aromatic carboxylic acids is 1. The fourth-order valence-electron chi connectivity index (χ4n) is 1.60.